The van der Waals surface area contributed by atoms with Gasteiger partial charge in [-0.15, -0.1) is 0 Å². The van der Waals surface area contributed by atoms with Crippen LogP contribution >= 0.6 is 0 Å². The molecule has 2 aromatic rings. The number of likely N-dealkylation sites (tertiary alicyclic amines) is 1. The SMILES string of the molecule is CC1CC(Nc2ccc(-n3cccn3)cc2)CN1C1CC1. The molecule has 4 heteroatoms. The van der Waals surface area contributed by atoms with Crippen molar-refractivity contribution in [1.29, 1.82) is 0 Å². The first-order valence-electron chi connectivity index (χ1n) is 7.92. The summed E-state index contributed by atoms with van der Waals surface area (Å²) >= 11 is 0. The van der Waals surface area contributed by atoms with Gasteiger partial charge in [-0.1, -0.05) is 0 Å². The molecule has 4 rings (SSSR count). The van der Waals surface area contributed by atoms with E-state index in [0.29, 0.717) is 6.04 Å². The van der Waals surface area contributed by atoms with Crippen LogP contribution in [0.2, 0.25) is 0 Å². The van der Waals surface area contributed by atoms with E-state index < -0.39 is 0 Å². The van der Waals surface area contributed by atoms with Crippen molar-refractivity contribution >= 4 is 5.69 Å². The number of benzene rings is 1. The molecule has 1 saturated carbocycles. The topological polar surface area (TPSA) is 33.1 Å². The van der Waals surface area contributed by atoms with Crippen molar-refractivity contribution in [3.63, 3.8) is 0 Å². The third-order valence-electron chi connectivity index (χ3n) is 4.65. The zero-order valence-electron chi connectivity index (χ0n) is 12.4. The Balaban J connectivity index is 1.41. The van der Waals surface area contributed by atoms with Gasteiger partial charge in [0, 0.05) is 42.8 Å². The van der Waals surface area contributed by atoms with Crippen LogP contribution in [0.15, 0.2) is 42.7 Å². The van der Waals surface area contributed by atoms with Crippen LogP contribution < -0.4 is 5.32 Å². The molecule has 0 bridgehead atoms. The highest BCUT2D eigenvalue weighted by molar-refractivity contribution is 5.49. The van der Waals surface area contributed by atoms with Gasteiger partial charge in [0.15, 0.2) is 0 Å². The van der Waals surface area contributed by atoms with Crippen molar-refractivity contribution < 1.29 is 0 Å². The lowest BCUT2D eigenvalue weighted by atomic mass is 10.2. The molecule has 2 fully saturated rings. The highest BCUT2D eigenvalue weighted by Gasteiger charge is 2.38. The molecule has 2 heterocycles. The second-order valence-electron chi connectivity index (χ2n) is 6.35. The van der Waals surface area contributed by atoms with Crippen LogP contribution in [0, 0.1) is 0 Å². The van der Waals surface area contributed by atoms with E-state index in [1.165, 1.54) is 31.5 Å². The number of nitrogens with zero attached hydrogens (tertiary/aromatic N) is 3. The van der Waals surface area contributed by atoms with Gasteiger partial charge in [0.2, 0.25) is 0 Å². The van der Waals surface area contributed by atoms with Crippen LogP contribution in [0.25, 0.3) is 5.69 Å². The molecule has 0 amide bonds. The number of hydrogen-bond donors (Lipinski definition) is 1. The van der Waals surface area contributed by atoms with E-state index in [-0.39, 0.29) is 0 Å². The molecule has 1 N–H and O–H groups in total. The number of rotatable bonds is 4. The van der Waals surface area contributed by atoms with Crippen LogP contribution in [0.5, 0.6) is 0 Å². The molecule has 110 valence electrons. The molecule has 1 aliphatic carbocycles. The van der Waals surface area contributed by atoms with Gasteiger partial charge in [-0.25, -0.2) is 4.68 Å². The first kappa shape index (κ1) is 12.9. The van der Waals surface area contributed by atoms with Gasteiger partial charge in [-0.2, -0.15) is 5.10 Å². The van der Waals surface area contributed by atoms with Crippen molar-refractivity contribution in [2.24, 2.45) is 0 Å². The van der Waals surface area contributed by atoms with Gasteiger partial charge in [0.05, 0.1) is 5.69 Å². The minimum atomic E-state index is 0.580. The van der Waals surface area contributed by atoms with Crippen molar-refractivity contribution in [1.82, 2.24) is 14.7 Å². The summed E-state index contributed by atoms with van der Waals surface area (Å²) in [5.74, 6) is 0. The average molecular weight is 282 g/mol. The number of anilines is 1. The second kappa shape index (κ2) is 5.19. The normalized spacial score (nSPS) is 26.1. The zero-order chi connectivity index (χ0) is 14.2. The summed E-state index contributed by atoms with van der Waals surface area (Å²) in [4.78, 5) is 2.68. The Kier molecular flexibility index (Phi) is 3.19. The monoisotopic (exact) mass is 282 g/mol. The Bertz CT molecular complexity index is 586. The van der Waals surface area contributed by atoms with E-state index in [1.54, 1.807) is 6.20 Å². The van der Waals surface area contributed by atoms with Gasteiger partial charge in [0.25, 0.3) is 0 Å². The quantitative estimate of drug-likeness (QED) is 0.936. The molecule has 0 radical (unpaired) electrons. The molecule has 1 aromatic carbocycles. The lowest BCUT2D eigenvalue weighted by molar-refractivity contribution is 0.257. The van der Waals surface area contributed by atoms with Gasteiger partial charge < -0.3 is 5.32 Å². The van der Waals surface area contributed by atoms with E-state index in [1.807, 2.05) is 16.9 Å². The summed E-state index contributed by atoms with van der Waals surface area (Å²) in [6, 6.07) is 12.7. The predicted octanol–water partition coefficient (Wildman–Crippen LogP) is 2.91. The lowest BCUT2D eigenvalue weighted by Crippen LogP contribution is -2.30. The summed E-state index contributed by atoms with van der Waals surface area (Å²) in [5, 5.41) is 7.94. The fourth-order valence-corrected chi connectivity index (χ4v) is 3.44. The molecular formula is C17H22N4. The Hall–Kier alpha value is -1.81. The molecule has 21 heavy (non-hydrogen) atoms. The third-order valence-corrected chi connectivity index (χ3v) is 4.65. The molecular weight excluding hydrogens is 260 g/mol. The maximum atomic E-state index is 4.26. The number of aromatic nitrogens is 2. The van der Waals surface area contributed by atoms with Crippen LogP contribution in [0.4, 0.5) is 5.69 Å². The van der Waals surface area contributed by atoms with Crippen LogP contribution in [0.1, 0.15) is 26.2 Å². The molecule has 2 aliphatic rings. The standard InChI is InChI=1S/C17H22N4/c1-13-11-15(12-20(13)16-7-8-16)19-14-3-5-17(6-4-14)21-10-2-9-18-21/h2-6,9-10,13,15-16,19H,7-8,11-12H2,1H3. The minimum absolute atomic E-state index is 0.580. The van der Waals surface area contributed by atoms with Crippen molar-refractivity contribution in [3.05, 3.63) is 42.7 Å². The summed E-state index contributed by atoms with van der Waals surface area (Å²) < 4.78 is 1.89. The highest BCUT2D eigenvalue weighted by Crippen LogP contribution is 2.34. The number of nitrogens with one attached hydrogen (secondary N) is 1. The molecule has 0 spiro atoms. The smallest absolute Gasteiger partial charge is 0.0647 e. The lowest BCUT2D eigenvalue weighted by Gasteiger charge is -2.20. The molecule has 2 atom stereocenters. The van der Waals surface area contributed by atoms with Gasteiger partial charge in [-0.05, 0) is 56.5 Å². The van der Waals surface area contributed by atoms with Gasteiger partial charge in [-0.3, -0.25) is 4.90 Å². The fourth-order valence-electron chi connectivity index (χ4n) is 3.44. The molecule has 1 aromatic heterocycles. The summed E-state index contributed by atoms with van der Waals surface area (Å²) in [5.41, 5.74) is 2.31. The van der Waals surface area contributed by atoms with E-state index in [9.17, 15) is 0 Å². The largest absolute Gasteiger partial charge is 0.381 e. The third kappa shape index (κ3) is 2.68. The summed E-state index contributed by atoms with van der Waals surface area (Å²) in [6.07, 6.45) is 7.82. The van der Waals surface area contributed by atoms with Crippen LogP contribution in [-0.4, -0.2) is 39.4 Å². The van der Waals surface area contributed by atoms with E-state index >= 15 is 0 Å². The van der Waals surface area contributed by atoms with Gasteiger partial charge in [0.1, 0.15) is 0 Å². The Morgan fingerprint density at radius 2 is 2.00 bits per heavy atom. The number of hydrogen-bond acceptors (Lipinski definition) is 3. The van der Waals surface area contributed by atoms with Crippen molar-refractivity contribution in [3.8, 4) is 5.69 Å². The summed E-state index contributed by atoms with van der Waals surface area (Å²) in [7, 11) is 0. The Morgan fingerprint density at radius 1 is 1.19 bits per heavy atom. The zero-order valence-corrected chi connectivity index (χ0v) is 12.4. The Morgan fingerprint density at radius 3 is 2.67 bits per heavy atom. The predicted molar refractivity (Wildman–Crippen MR) is 84.8 cm³/mol. The first-order valence-corrected chi connectivity index (χ1v) is 7.92. The van der Waals surface area contributed by atoms with E-state index in [4.69, 9.17) is 0 Å². The van der Waals surface area contributed by atoms with Crippen LogP contribution in [-0.2, 0) is 0 Å². The van der Waals surface area contributed by atoms with Crippen LogP contribution in [0.3, 0.4) is 0 Å². The molecule has 4 nitrogen and oxygen atoms in total. The maximum absolute atomic E-state index is 4.26. The average Bonchev–Trinajstić information content (AvgIpc) is 3.05. The van der Waals surface area contributed by atoms with Crippen molar-refractivity contribution in [2.75, 3.05) is 11.9 Å². The van der Waals surface area contributed by atoms with E-state index in [0.717, 1.165) is 17.8 Å². The second-order valence-corrected chi connectivity index (χ2v) is 6.35. The highest BCUT2D eigenvalue weighted by atomic mass is 15.3. The minimum Gasteiger partial charge on any atom is -0.381 e. The Labute approximate surface area is 125 Å². The maximum Gasteiger partial charge on any atom is 0.0647 e. The van der Waals surface area contributed by atoms with Crippen molar-refractivity contribution in [2.45, 2.75) is 44.3 Å². The van der Waals surface area contributed by atoms with Gasteiger partial charge >= 0.3 is 0 Å². The first-order chi connectivity index (χ1) is 10.3. The molecule has 1 saturated heterocycles. The van der Waals surface area contributed by atoms with E-state index in [2.05, 4.69) is 46.5 Å². The molecule has 1 aliphatic heterocycles. The summed E-state index contributed by atoms with van der Waals surface area (Å²) in [6.45, 7) is 3.55. The molecule has 2 unspecified atom stereocenters. The fraction of sp³-hybridized carbons (Fsp3) is 0.471.